The average Bonchev–Trinajstić information content (AvgIpc) is 3.13. The topological polar surface area (TPSA) is 120 Å². The molecule has 0 saturated carbocycles. The maximum Gasteiger partial charge on any atom is 0.317 e. The van der Waals surface area contributed by atoms with E-state index in [0.29, 0.717) is 13.0 Å². The van der Waals surface area contributed by atoms with Gasteiger partial charge in [-0.05, 0) is 6.42 Å². The molecule has 9 heteroatoms. The molecule has 9 nitrogen and oxygen atoms in total. The fourth-order valence-corrected chi connectivity index (χ4v) is 2.24. The standard InChI is InChI=1S/C12H19N5O4/c1-17(9-6-21-5-8(9)11(18)19)12(20)13-4-2-3-10-14-7-15-16-10/h7-9H,2-6H2,1H3,(H,13,20)(H,18,19)(H,14,15,16). The van der Waals surface area contributed by atoms with Gasteiger partial charge in [-0.3, -0.25) is 9.89 Å². The molecule has 1 aromatic rings. The third-order valence-electron chi connectivity index (χ3n) is 3.52. The SMILES string of the molecule is CN(C(=O)NCCCc1ncn[nH]1)C1COCC1C(=O)O. The highest BCUT2D eigenvalue weighted by Gasteiger charge is 2.38. The molecule has 1 saturated heterocycles. The van der Waals surface area contributed by atoms with Gasteiger partial charge in [0.05, 0.1) is 19.3 Å². The Morgan fingerprint density at radius 1 is 1.57 bits per heavy atom. The first-order valence-electron chi connectivity index (χ1n) is 6.75. The summed E-state index contributed by atoms with van der Waals surface area (Å²) in [4.78, 5) is 28.5. The second kappa shape index (κ2) is 7.02. The lowest BCUT2D eigenvalue weighted by Gasteiger charge is -2.26. The number of carbonyl (C=O) groups excluding carboxylic acids is 1. The van der Waals surface area contributed by atoms with E-state index in [1.165, 1.54) is 11.2 Å². The molecule has 0 aliphatic carbocycles. The Morgan fingerprint density at radius 2 is 2.38 bits per heavy atom. The van der Waals surface area contributed by atoms with Gasteiger partial charge in [-0.15, -0.1) is 0 Å². The molecule has 2 unspecified atom stereocenters. The molecule has 1 aromatic heterocycles. The summed E-state index contributed by atoms with van der Waals surface area (Å²) in [6.07, 6.45) is 2.85. The van der Waals surface area contributed by atoms with Crippen LogP contribution in [0.25, 0.3) is 0 Å². The molecular formula is C12H19N5O4. The highest BCUT2D eigenvalue weighted by molar-refractivity contribution is 5.77. The molecule has 2 atom stereocenters. The number of carbonyl (C=O) groups is 2. The molecular weight excluding hydrogens is 278 g/mol. The zero-order valence-corrected chi connectivity index (χ0v) is 11.8. The number of hydrogen-bond donors (Lipinski definition) is 3. The average molecular weight is 297 g/mol. The van der Waals surface area contributed by atoms with Gasteiger partial charge in [-0.1, -0.05) is 0 Å². The van der Waals surface area contributed by atoms with Gasteiger partial charge in [0.25, 0.3) is 0 Å². The van der Waals surface area contributed by atoms with E-state index in [1.807, 2.05) is 0 Å². The highest BCUT2D eigenvalue weighted by atomic mass is 16.5. The molecule has 3 N–H and O–H groups in total. The van der Waals surface area contributed by atoms with Gasteiger partial charge in [0.15, 0.2) is 0 Å². The number of carboxylic acids is 1. The lowest BCUT2D eigenvalue weighted by Crippen LogP contribution is -2.48. The van der Waals surface area contributed by atoms with Crippen LogP contribution in [-0.4, -0.2) is 70.0 Å². The minimum Gasteiger partial charge on any atom is -0.481 e. The molecule has 1 aliphatic heterocycles. The van der Waals surface area contributed by atoms with Gasteiger partial charge in [-0.2, -0.15) is 5.10 Å². The van der Waals surface area contributed by atoms with E-state index in [9.17, 15) is 9.59 Å². The number of hydrogen-bond acceptors (Lipinski definition) is 5. The summed E-state index contributed by atoms with van der Waals surface area (Å²) >= 11 is 0. The van der Waals surface area contributed by atoms with E-state index < -0.39 is 17.9 Å². The summed E-state index contributed by atoms with van der Waals surface area (Å²) < 4.78 is 5.16. The van der Waals surface area contributed by atoms with Crippen LogP contribution in [0.3, 0.4) is 0 Å². The quantitative estimate of drug-likeness (QED) is 0.607. The Hall–Kier alpha value is -2.16. The zero-order valence-electron chi connectivity index (χ0n) is 11.8. The van der Waals surface area contributed by atoms with Gasteiger partial charge in [0.2, 0.25) is 0 Å². The normalized spacial score (nSPS) is 21.2. The van der Waals surface area contributed by atoms with Crippen molar-refractivity contribution in [3.63, 3.8) is 0 Å². The third-order valence-corrected chi connectivity index (χ3v) is 3.52. The van der Waals surface area contributed by atoms with Gasteiger partial charge < -0.3 is 20.1 Å². The summed E-state index contributed by atoms with van der Waals surface area (Å²) in [7, 11) is 1.58. The summed E-state index contributed by atoms with van der Waals surface area (Å²) in [5, 5.41) is 18.3. The van der Waals surface area contributed by atoms with Gasteiger partial charge in [0, 0.05) is 20.0 Å². The maximum absolute atomic E-state index is 12.0. The number of aliphatic carboxylic acids is 1. The summed E-state index contributed by atoms with van der Waals surface area (Å²) in [6.45, 7) is 0.872. The number of H-pyrrole nitrogens is 1. The molecule has 2 amide bonds. The van der Waals surface area contributed by atoms with E-state index in [0.717, 1.165) is 12.2 Å². The van der Waals surface area contributed by atoms with Crippen LogP contribution in [0, 0.1) is 5.92 Å². The van der Waals surface area contributed by atoms with Crippen molar-refractivity contribution < 1.29 is 19.4 Å². The number of urea groups is 1. The smallest absolute Gasteiger partial charge is 0.317 e. The van der Waals surface area contributed by atoms with Gasteiger partial charge >= 0.3 is 12.0 Å². The Morgan fingerprint density at radius 3 is 3.05 bits per heavy atom. The van der Waals surface area contributed by atoms with Crippen LogP contribution < -0.4 is 5.32 Å². The van der Waals surface area contributed by atoms with E-state index in [1.54, 1.807) is 7.05 Å². The summed E-state index contributed by atoms with van der Waals surface area (Å²) in [5.41, 5.74) is 0. The van der Waals surface area contributed by atoms with Crippen molar-refractivity contribution >= 4 is 12.0 Å². The monoisotopic (exact) mass is 297 g/mol. The molecule has 21 heavy (non-hydrogen) atoms. The largest absolute Gasteiger partial charge is 0.481 e. The first kappa shape index (κ1) is 15.2. The lowest BCUT2D eigenvalue weighted by atomic mass is 10.0. The van der Waals surface area contributed by atoms with Crippen molar-refractivity contribution in [2.45, 2.75) is 18.9 Å². The first-order valence-corrected chi connectivity index (χ1v) is 6.75. The van der Waals surface area contributed by atoms with E-state index in [4.69, 9.17) is 9.84 Å². The number of amides is 2. The fraction of sp³-hybridized carbons (Fsp3) is 0.667. The highest BCUT2D eigenvalue weighted by Crippen LogP contribution is 2.18. The van der Waals surface area contributed by atoms with Crippen LogP contribution in [0.2, 0.25) is 0 Å². The molecule has 2 rings (SSSR count). The van der Waals surface area contributed by atoms with Crippen molar-refractivity contribution in [2.24, 2.45) is 5.92 Å². The number of aromatic amines is 1. The molecule has 0 bridgehead atoms. The van der Waals surface area contributed by atoms with Crippen molar-refractivity contribution in [3.05, 3.63) is 12.2 Å². The number of ether oxygens (including phenoxy) is 1. The molecule has 1 fully saturated rings. The molecule has 0 aromatic carbocycles. The molecule has 116 valence electrons. The number of rotatable bonds is 6. The van der Waals surface area contributed by atoms with E-state index in [-0.39, 0.29) is 19.2 Å². The number of likely N-dealkylation sites (N-methyl/N-ethyl adjacent to an activating group) is 1. The van der Waals surface area contributed by atoms with Crippen LogP contribution >= 0.6 is 0 Å². The van der Waals surface area contributed by atoms with Crippen LogP contribution in [0.15, 0.2) is 6.33 Å². The van der Waals surface area contributed by atoms with Crippen molar-refractivity contribution in [1.82, 2.24) is 25.4 Å². The van der Waals surface area contributed by atoms with E-state index >= 15 is 0 Å². The maximum atomic E-state index is 12.0. The minimum atomic E-state index is -0.942. The van der Waals surface area contributed by atoms with Crippen LogP contribution in [0.1, 0.15) is 12.2 Å². The third kappa shape index (κ3) is 3.91. The number of aromatic nitrogens is 3. The van der Waals surface area contributed by atoms with Gasteiger partial charge in [0.1, 0.15) is 18.1 Å². The molecule has 0 spiro atoms. The van der Waals surface area contributed by atoms with E-state index in [2.05, 4.69) is 20.5 Å². The summed E-state index contributed by atoms with van der Waals surface area (Å²) in [6, 6.07) is -0.730. The second-order valence-electron chi connectivity index (χ2n) is 4.93. The Balaban J connectivity index is 1.73. The minimum absolute atomic E-state index is 0.142. The summed E-state index contributed by atoms with van der Waals surface area (Å²) in [5.74, 6) is -0.842. The zero-order chi connectivity index (χ0) is 15.2. The predicted octanol–water partition coefficient (Wildman–Crippen LogP) is -0.522. The van der Waals surface area contributed by atoms with Crippen molar-refractivity contribution in [2.75, 3.05) is 26.8 Å². The lowest BCUT2D eigenvalue weighted by molar-refractivity contribution is -0.142. The Kier molecular flexibility index (Phi) is 5.09. The number of nitrogens with zero attached hydrogens (tertiary/aromatic N) is 3. The van der Waals surface area contributed by atoms with Gasteiger partial charge in [-0.25, -0.2) is 9.78 Å². The van der Waals surface area contributed by atoms with Crippen LogP contribution in [0.4, 0.5) is 4.79 Å². The van der Waals surface area contributed by atoms with Crippen LogP contribution in [-0.2, 0) is 16.0 Å². The molecule has 1 aliphatic rings. The Bertz CT molecular complexity index is 478. The van der Waals surface area contributed by atoms with Crippen molar-refractivity contribution in [1.29, 1.82) is 0 Å². The second-order valence-corrected chi connectivity index (χ2v) is 4.93. The molecule has 0 radical (unpaired) electrons. The predicted molar refractivity (Wildman–Crippen MR) is 71.6 cm³/mol. The number of carboxylic acid groups (broad SMARTS) is 1. The van der Waals surface area contributed by atoms with Crippen LogP contribution in [0.5, 0.6) is 0 Å². The number of nitrogens with one attached hydrogen (secondary N) is 2. The fourth-order valence-electron chi connectivity index (χ4n) is 2.24. The Labute approximate surface area is 121 Å². The molecule has 2 heterocycles. The first-order chi connectivity index (χ1) is 10.1. The number of aryl methyl sites for hydroxylation is 1. The van der Waals surface area contributed by atoms with Crippen molar-refractivity contribution in [3.8, 4) is 0 Å².